The van der Waals surface area contributed by atoms with E-state index in [0.29, 0.717) is 31.7 Å². The van der Waals surface area contributed by atoms with Crippen LogP contribution in [0, 0.1) is 18.3 Å². The number of amides is 1. The fourth-order valence-corrected chi connectivity index (χ4v) is 6.15. The van der Waals surface area contributed by atoms with Gasteiger partial charge in [0.25, 0.3) is 0 Å². The van der Waals surface area contributed by atoms with Crippen molar-refractivity contribution >= 4 is 17.2 Å². The molecule has 1 aliphatic carbocycles. The maximum atomic E-state index is 13.6. The number of rotatable bonds is 6. The Morgan fingerprint density at radius 1 is 0.953 bits per heavy atom. The molecule has 2 fully saturated rings. The van der Waals surface area contributed by atoms with Crippen LogP contribution < -0.4 is 9.64 Å². The summed E-state index contributed by atoms with van der Waals surface area (Å²) in [6.45, 7) is 4.71. The molecule has 2 aliphatic rings. The monoisotopic (exact) mass is 569 g/mol. The quantitative estimate of drug-likeness (QED) is 0.283. The molecule has 1 aromatic carbocycles. The average Bonchev–Trinajstić information content (AvgIpc) is 3.77. The zero-order valence-electron chi connectivity index (χ0n) is 24.2. The van der Waals surface area contributed by atoms with Gasteiger partial charge in [-0.2, -0.15) is 10.4 Å². The predicted octanol–water partition coefficient (Wildman–Crippen LogP) is 5.03. The lowest BCUT2D eigenvalue weighted by molar-refractivity contribution is -0.134. The third-order valence-corrected chi connectivity index (χ3v) is 8.69. The van der Waals surface area contributed by atoms with Crippen LogP contribution >= 0.6 is 0 Å². The van der Waals surface area contributed by atoms with Crippen molar-refractivity contribution in [3.05, 3.63) is 96.2 Å². The number of pyridine rings is 3. The number of hydrogen-bond donors (Lipinski definition) is 0. The first-order valence-corrected chi connectivity index (χ1v) is 14.5. The first kappa shape index (κ1) is 26.7. The molecule has 1 amide bonds. The van der Waals surface area contributed by atoms with Gasteiger partial charge in [0.05, 0.1) is 29.8 Å². The number of hydrogen-bond acceptors (Lipinski definition) is 7. The molecule has 9 nitrogen and oxygen atoms in total. The maximum Gasteiger partial charge on any atom is 0.233 e. The molecule has 9 heteroatoms. The molecule has 1 saturated carbocycles. The van der Waals surface area contributed by atoms with E-state index < -0.39 is 5.41 Å². The third kappa shape index (κ3) is 4.75. The van der Waals surface area contributed by atoms with Crippen molar-refractivity contribution in [1.82, 2.24) is 24.5 Å². The molecule has 0 N–H and O–H groups in total. The lowest BCUT2D eigenvalue weighted by Crippen LogP contribution is -2.51. The van der Waals surface area contributed by atoms with Crippen LogP contribution in [0.2, 0.25) is 0 Å². The van der Waals surface area contributed by atoms with Crippen molar-refractivity contribution in [3.8, 4) is 34.1 Å². The molecule has 0 spiro atoms. The second-order valence-corrected chi connectivity index (χ2v) is 11.3. The van der Waals surface area contributed by atoms with Gasteiger partial charge in [0.15, 0.2) is 0 Å². The van der Waals surface area contributed by atoms with Gasteiger partial charge in [0.1, 0.15) is 17.6 Å². The summed E-state index contributed by atoms with van der Waals surface area (Å²) in [5, 5.41) is 14.2. The number of nitriles is 1. The molecule has 0 atom stereocenters. The fourth-order valence-electron chi connectivity index (χ4n) is 6.15. The van der Waals surface area contributed by atoms with Crippen LogP contribution in [0.25, 0.3) is 27.8 Å². The minimum Gasteiger partial charge on any atom is -0.497 e. The zero-order valence-corrected chi connectivity index (χ0v) is 24.2. The van der Waals surface area contributed by atoms with Gasteiger partial charge in [0, 0.05) is 67.2 Å². The summed E-state index contributed by atoms with van der Waals surface area (Å²) >= 11 is 0. The third-order valence-electron chi connectivity index (χ3n) is 8.69. The van der Waals surface area contributed by atoms with Crippen LogP contribution in [0.1, 0.15) is 29.7 Å². The highest BCUT2D eigenvalue weighted by atomic mass is 16.5. The molecule has 0 radical (unpaired) electrons. The predicted molar refractivity (Wildman–Crippen MR) is 164 cm³/mol. The van der Waals surface area contributed by atoms with E-state index in [1.807, 2.05) is 72.7 Å². The van der Waals surface area contributed by atoms with Crippen molar-refractivity contribution in [1.29, 1.82) is 5.26 Å². The summed E-state index contributed by atoms with van der Waals surface area (Å²) in [4.78, 5) is 27.0. The van der Waals surface area contributed by atoms with Crippen LogP contribution in [0.15, 0.2) is 79.4 Å². The van der Waals surface area contributed by atoms with Crippen molar-refractivity contribution < 1.29 is 9.53 Å². The van der Waals surface area contributed by atoms with E-state index >= 15 is 0 Å². The molecule has 0 bridgehead atoms. The van der Waals surface area contributed by atoms with Crippen LogP contribution in [0.5, 0.6) is 5.75 Å². The van der Waals surface area contributed by atoms with E-state index in [-0.39, 0.29) is 5.91 Å². The Kier molecular flexibility index (Phi) is 6.54. The van der Waals surface area contributed by atoms with Gasteiger partial charge in [0.2, 0.25) is 5.91 Å². The van der Waals surface area contributed by atoms with E-state index in [4.69, 9.17) is 9.72 Å². The average molecular weight is 570 g/mol. The largest absolute Gasteiger partial charge is 0.497 e. The van der Waals surface area contributed by atoms with Crippen molar-refractivity contribution in [2.24, 2.45) is 0 Å². The standard InChI is InChI=1S/C34H31N7O2/c1-23-16-24(8-11-36-23)26-17-30(32-27(19-35)21-38-41(32)22-26)25-6-7-31(37-20-25)39-12-14-40(15-13-39)33(42)34(9-10-34)28-4-3-5-29(18-28)43-2/h3-8,11,16-18,20-22H,9-10,12-15H2,1-2H3. The van der Waals surface area contributed by atoms with Crippen LogP contribution in [-0.4, -0.2) is 63.7 Å². The summed E-state index contributed by atoms with van der Waals surface area (Å²) in [5.74, 6) is 1.87. The highest BCUT2D eigenvalue weighted by Crippen LogP contribution is 2.50. The second-order valence-electron chi connectivity index (χ2n) is 11.3. The second kappa shape index (κ2) is 10.6. The number of anilines is 1. The Hall–Kier alpha value is -5.23. The maximum absolute atomic E-state index is 13.6. The normalized spacial score (nSPS) is 15.7. The number of benzene rings is 1. The summed E-state index contributed by atoms with van der Waals surface area (Å²) < 4.78 is 7.17. The number of piperazine rings is 1. The lowest BCUT2D eigenvalue weighted by atomic mass is 9.93. The van der Waals surface area contributed by atoms with Gasteiger partial charge in [-0.3, -0.25) is 9.78 Å². The minimum atomic E-state index is -0.415. The summed E-state index contributed by atoms with van der Waals surface area (Å²) in [6.07, 6.45) is 8.95. The van der Waals surface area contributed by atoms with Gasteiger partial charge < -0.3 is 14.5 Å². The van der Waals surface area contributed by atoms with E-state index in [9.17, 15) is 10.1 Å². The molecule has 43 heavy (non-hydrogen) atoms. The van der Waals surface area contributed by atoms with E-state index in [0.717, 1.165) is 63.4 Å². The fraction of sp³-hybridized carbons (Fsp3) is 0.265. The molecular weight excluding hydrogens is 538 g/mol. The van der Waals surface area contributed by atoms with E-state index in [1.54, 1.807) is 24.0 Å². The Morgan fingerprint density at radius 2 is 1.79 bits per heavy atom. The van der Waals surface area contributed by atoms with Crippen molar-refractivity contribution in [2.45, 2.75) is 25.2 Å². The molecule has 0 unspecified atom stereocenters. The molecule has 4 aromatic heterocycles. The van der Waals surface area contributed by atoms with Gasteiger partial charge in [-0.05, 0) is 73.4 Å². The van der Waals surface area contributed by atoms with Gasteiger partial charge in [-0.25, -0.2) is 9.50 Å². The smallest absolute Gasteiger partial charge is 0.233 e. The molecule has 1 aliphatic heterocycles. The van der Waals surface area contributed by atoms with E-state index in [1.165, 1.54) is 0 Å². The van der Waals surface area contributed by atoms with Crippen molar-refractivity contribution in [3.63, 3.8) is 0 Å². The van der Waals surface area contributed by atoms with Crippen LogP contribution in [0.4, 0.5) is 5.82 Å². The molecular formula is C34H31N7O2. The first-order valence-electron chi connectivity index (χ1n) is 14.5. The summed E-state index contributed by atoms with van der Waals surface area (Å²) in [5.41, 5.74) is 6.63. The summed E-state index contributed by atoms with van der Waals surface area (Å²) in [6, 6.07) is 20.4. The highest BCUT2D eigenvalue weighted by molar-refractivity contribution is 5.92. The Labute approximate surface area is 250 Å². The first-order chi connectivity index (χ1) is 21.0. The Bertz CT molecular complexity index is 1880. The zero-order chi connectivity index (χ0) is 29.6. The number of aryl methyl sites for hydroxylation is 1. The molecule has 1 saturated heterocycles. The number of carbonyl (C=O) groups excluding carboxylic acids is 1. The molecule has 214 valence electrons. The lowest BCUT2D eigenvalue weighted by Gasteiger charge is -2.37. The van der Waals surface area contributed by atoms with Crippen molar-refractivity contribution in [2.75, 3.05) is 38.2 Å². The Morgan fingerprint density at radius 3 is 2.49 bits per heavy atom. The SMILES string of the molecule is COc1cccc(C2(C(=O)N3CCN(c4ccc(-c5cc(-c6ccnc(C)c6)cn6ncc(C#N)c56)cn4)CC3)CC2)c1. The molecule has 5 heterocycles. The van der Waals surface area contributed by atoms with Crippen LogP contribution in [-0.2, 0) is 10.2 Å². The number of fused-ring (bicyclic) bond motifs is 1. The van der Waals surface area contributed by atoms with E-state index in [2.05, 4.69) is 27.1 Å². The number of carbonyl (C=O) groups is 1. The van der Waals surface area contributed by atoms with Crippen LogP contribution in [0.3, 0.4) is 0 Å². The van der Waals surface area contributed by atoms with Gasteiger partial charge in [-0.1, -0.05) is 12.1 Å². The number of aromatic nitrogens is 4. The number of nitrogens with zero attached hydrogens (tertiary/aromatic N) is 7. The number of methoxy groups -OCH3 is 1. The van der Waals surface area contributed by atoms with Gasteiger partial charge >= 0.3 is 0 Å². The minimum absolute atomic E-state index is 0.214. The number of ether oxygens (including phenoxy) is 1. The molecule has 7 rings (SSSR count). The topological polar surface area (TPSA) is 99.6 Å². The molecule has 5 aromatic rings. The van der Waals surface area contributed by atoms with Gasteiger partial charge in [-0.15, -0.1) is 0 Å². The Balaban J connectivity index is 1.10. The summed E-state index contributed by atoms with van der Waals surface area (Å²) in [7, 11) is 1.66. The highest BCUT2D eigenvalue weighted by Gasteiger charge is 2.53.